The fraction of sp³-hybridized carbons (Fsp3) is 0.462. The summed E-state index contributed by atoms with van der Waals surface area (Å²) in [6.07, 6.45) is 1.06. The summed E-state index contributed by atoms with van der Waals surface area (Å²) in [4.78, 5) is 13.8. The van der Waals surface area contributed by atoms with Crippen LogP contribution in [0.5, 0.6) is 0 Å². The first-order valence-electron chi connectivity index (χ1n) is 6.15. The Morgan fingerprint density at radius 1 is 1.50 bits per heavy atom. The molecule has 18 heavy (non-hydrogen) atoms. The van der Waals surface area contributed by atoms with Gasteiger partial charge in [-0.3, -0.25) is 4.98 Å². The van der Waals surface area contributed by atoms with E-state index in [1.165, 1.54) is 0 Å². The van der Waals surface area contributed by atoms with E-state index in [2.05, 4.69) is 10.3 Å². The molecule has 0 spiro atoms. The Hall–Kier alpha value is -1.59. The molecule has 5 nitrogen and oxygen atoms in total. The zero-order valence-electron chi connectivity index (χ0n) is 10.2. The first-order valence-corrected chi connectivity index (χ1v) is 6.15. The van der Waals surface area contributed by atoms with Crippen molar-refractivity contribution in [3.05, 3.63) is 34.3 Å². The first-order chi connectivity index (χ1) is 8.78. The highest BCUT2D eigenvalue weighted by atomic mass is 16.5. The maximum atomic E-state index is 11.1. The number of H-pyrrole nitrogens is 1. The van der Waals surface area contributed by atoms with E-state index in [0.29, 0.717) is 11.5 Å². The van der Waals surface area contributed by atoms with Gasteiger partial charge in [0, 0.05) is 18.6 Å². The van der Waals surface area contributed by atoms with Gasteiger partial charge in [-0.1, -0.05) is 6.07 Å². The predicted molar refractivity (Wildman–Crippen MR) is 67.6 cm³/mol. The second-order valence-electron chi connectivity index (χ2n) is 4.66. The smallest absolute Gasteiger partial charge is 0.408 e. The van der Waals surface area contributed by atoms with E-state index in [1.807, 2.05) is 25.2 Å². The topological polar surface area (TPSA) is 67.3 Å². The molecule has 2 heterocycles. The van der Waals surface area contributed by atoms with Gasteiger partial charge < -0.3 is 14.5 Å². The number of aromatic amines is 1. The van der Waals surface area contributed by atoms with Gasteiger partial charge >= 0.3 is 5.76 Å². The Morgan fingerprint density at radius 3 is 3.11 bits per heavy atom. The summed E-state index contributed by atoms with van der Waals surface area (Å²) in [5.74, 6) is 0.0606. The number of nitrogens with one attached hydrogen (secondary N) is 2. The van der Waals surface area contributed by atoms with Crippen LogP contribution in [0, 0.1) is 5.92 Å². The molecular weight excluding hydrogens is 232 g/mol. The molecule has 0 aliphatic carbocycles. The van der Waals surface area contributed by atoms with Gasteiger partial charge in [0.15, 0.2) is 5.58 Å². The average Bonchev–Trinajstić information content (AvgIpc) is 2.97. The van der Waals surface area contributed by atoms with Crippen LogP contribution in [0.15, 0.2) is 27.4 Å². The lowest BCUT2D eigenvalue weighted by Gasteiger charge is -2.22. The third-order valence-electron chi connectivity index (χ3n) is 3.55. The van der Waals surface area contributed by atoms with Crippen molar-refractivity contribution < 1.29 is 9.15 Å². The fourth-order valence-electron chi connectivity index (χ4n) is 2.65. The molecule has 0 radical (unpaired) electrons. The molecule has 0 saturated carbocycles. The van der Waals surface area contributed by atoms with E-state index in [9.17, 15) is 4.79 Å². The number of rotatable bonds is 3. The fourth-order valence-corrected chi connectivity index (χ4v) is 2.65. The lowest BCUT2D eigenvalue weighted by atomic mass is 9.92. The SMILES string of the molecule is CNC(c1ccc2[nH]c(=O)oc2c1)C1CCOC1. The van der Waals surface area contributed by atoms with Gasteiger partial charge in [-0.15, -0.1) is 0 Å². The van der Waals surface area contributed by atoms with Gasteiger partial charge in [0.05, 0.1) is 12.1 Å². The van der Waals surface area contributed by atoms with Crippen molar-refractivity contribution in [2.75, 3.05) is 20.3 Å². The van der Waals surface area contributed by atoms with Crippen molar-refractivity contribution in [3.8, 4) is 0 Å². The molecule has 1 saturated heterocycles. The Morgan fingerprint density at radius 2 is 2.39 bits per heavy atom. The quantitative estimate of drug-likeness (QED) is 0.862. The van der Waals surface area contributed by atoms with Crippen LogP contribution in [0.2, 0.25) is 0 Å². The van der Waals surface area contributed by atoms with Crippen LogP contribution < -0.4 is 11.1 Å². The molecule has 0 amide bonds. The summed E-state index contributed by atoms with van der Waals surface area (Å²) < 4.78 is 10.5. The van der Waals surface area contributed by atoms with E-state index in [1.54, 1.807) is 0 Å². The standard InChI is InChI=1S/C13H16N2O3/c1-14-12(9-4-5-17-7-9)8-2-3-10-11(6-8)18-13(16)15-10/h2-3,6,9,12,14H,4-5,7H2,1H3,(H,15,16). The lowest BCUT2D eigenvalue weighted by molar-refractivity contribution is 0.178. The monoisotopic (exact) mass is 248 g/mol. The van der Waals surface area contributed by atoms with Crippen molar-refractivity contribution >= 4 is 11.1 Å². The van der Waals surface area contributed by atoms with Crippen molar-refractivity contribution in [3.63, 3.8) is 0 Å². The summed E-state index contributed by atoms with van der Waals surface area (Å²) in [6, 6.07) is 6.06. The third kappa shape index (κ3) is 1.95. The number of fused-ring (bicyclic) bond motifs is 1. The van der Waals surface area contributed by atoms with Crippen LogP contribution in [0.3, 0.4) is 0 Å². The number of oxazole rings is 1. The summed E-state index contributed by atoms with van der Waals surface area (Å²) >= 11 is 0. The van der Waals surface area contributed by atoms with Gasteiger partial charge in [0.2, 0.25) is 0 Å². The zero-order chi connectivity index (χ0) is 12.5. The molecule has 2 atom stereocenters. The van der Waals surface area contributed by atoms with E-state index in [-0.39, 0.29) is 6.04 Å². The van der Waals surface area contributed by atoms with Gasteiger partial charge in [0.25, 0.3) is 0 Å². The van der Waals surface area contributed by atoms with Crippen molar-refractivity contribution in [1.29, 1.82) is 0 Å². The Balaban J connectivity index is 1.98. The molecule has 1 aliphatic heterocycles. The molecule has 2 aromatic rings. The van der Waals surface area contributed by atoms with Gasteiger partial charge in [-0.2, -0.15) is 0 Å². The van der Waals surface area contributed by atoms with Crippen LogP contribution >= 0.6 is 0 Å². The van der Waals surface area contributed by atoms with Crippen molar-refractivity contribution in [1.82, 2.24) is 10.3 Å². The van der Waals surface area contributed by atoms with E-state index in [0.717, 1.165) is 30.7 Å². The molecule has 96 valence electrons. The molecule has 5 heteroatoms. The van der Waals surface area contributed by atoms with Crippen molar-refractivity contribution in [2.45, 2.75) is 12.5 Å². The van der Waals surface area contributed by atoms with Crippen molar-refractivity contribution in [2.24, 2.45) is 5.92 Å². The van der Waals surface area contributed by atoms with E-state index >= 15 is 0 Å². The van der Waals surface area contributed by atoms with Gasteiger partial charge in [-0.25, -0.2) is 4.79 Å². The summed E-state index contributed by atoms with van der Waals surface area (Å²) in [5.41, 5.74) is 2.47. The molecular formula is C13H16N2O3. The number of hydrogen-bond donors (Lipinski definition) is 2. The Bertz CT molecular complexity index is 596. The summed E-state index contributed by atoms with van der Waals surface area (Å²) in [5, 5.41) is 3.32. The first kappa shape index (κ1) is 11.5. The molecule has 2 unspecified atom stereocenters. The molecule has 1 fully saturated rings. The van der Waals surface area contributed by atoms with E-state index < -0.39 is 5.76 Å². The largest absolute Gasteiger partial charge is 0.417 e. The lowest BCUT2D eigenvalue weighted by Crippen LogP contribution is -2.25. The maximum Gasteiger partial charge on any atom is 0.417 e. The van der Waals surface area contributed by atoms with E-state index in [4.69, 9.17) is 9.15 Å². The molecule has 1 aromatic carbocycles. The van der Waals surface area contributed by atoms with Crippen LogP contribution in [-0.4, -0.2) is 25.2 Å². The highest BCUT2D eigenvalue weighted by molar-refractivity contribution is 5.72. The van der Waals surface area contributed by atoms with Crippen LogP contribution in [0.25, 0.3) is 11.1 Å². The second-order valence-corrected chi connectivity index (χ2v) is 4.66. The second kappa shape index (κ2) is 4.59. The maximum absolute atomic E-state index is 11.1. The molecule has 0 bridgehead atoms. The minimum Gasteiger partial charge on any atom is -0.408 e. The average molecular weight is 248 g/mol. The summed E-state index contributed by atoms with van der Waals surface area (Å²) in [7, 11) is 1.94. The highest BCUT2D eigenvalue weighted by Gasteiger charge is 2.26. The zero-order valence-corrected chi connectivity index (χ0v) is 10.2. The normalized spacial score (nSPS) is 21.5. The van der Waals surface area contributed by atoms with Gasteiger partial charge in [0.1, 0.15) is 0 Å². The van der Waals surface area contributed by atoms with Crippen LogP contribution in [-0.2, 0) is 4.74 Å². The minimum absolute atomic E-state index is 0.233. The summed E-state index contributed by atoms with van der Waals surface area (Å²) in [6.45, 7) is 1.60. The number of ether oxygens (including phenoxy) is 1. The number of benzene rings is 1. The minimum atomic E-state index is -0.410. The van der Waals surface area contributed by atoms with Crippen LogP contribution in [0.1, 0.15) is 18.0 Å². The predicted octanol–water partition coefficient (Wildman–Crippen LogP) is 1.42. The Kier molecular flexibility index (Phi) is 2.93. The Labute approximate surface area is 104 Å². The molecule has 3 rings (SSSR count). The molecule has 2 N–H and O–H groups in total. The number of hydrogen-bond acceptors (Lipinski definition) is 4. The van der Waals surface area contributed by atoms with Gasteiger partial charge in [-0.05, 0) is 31.2 Å². The third-order valence-corrected chi connectivity index (χ3v) is 3.55. The molecule has 1 aromatic heterocycles. The number of aromatic nitrogens is 1. The van der Waals surface area contributed by atoms with Crippen LogP contribution in [0.4, 0.5) is 0 Å². The molecule has 1 aliphatic rings. The highest BCUT2D eigenvalue weighted by Crippen LogP contribution is 2.29.